The summed E-state index contributed by atoms with van der Waals surface area (Å²) in [5.41, 5.74) is 0.926. The highest BCUT2D eigenvalue weighted by Crippen LogP contribution is 2.33. The summed E-state index contributed by atoms with van der Waals surface area (Å²) in [5.74, 6) is 0.0311. The third kappa shape index (κ3) is 8.64. The second-order valence-corrected chi connectivity index (χ2v) is 12.3. The normalized spacial score (nSPS) is 12.6. The minimum atomic E-state index is -4.27. The summed E-state index contributed by atoms with van der Waals surface area (Å²) in [7, 11) is -2.73. The van der Waals surface area contributed by atoms with Crippen molar-refractivity contribution in [2.45, 2.75) is 64.1 Å². The molecule has 3 rings (SSSR count). The molecule has 0 bridgehead atoms. The number of nitrogens with zero attached hydrogens (tertiary/aromatic N) is 2. The number of amides is 2. The van der Waals surface area contributed by atoms with Gasteiger partial charge in [0, 0.05) is 17.6 Å². The molecule has 0 unspecified atom stereocenters. The van der Waals surface area contributed by atoms with Gasteiger partial charge in [0.2, 0.25) is 11.8 Å². The zero-order valence-electron chi connectivity index (χ0n) is 25.2. The Balaban J connectivity index is 2.12. The summed E-state index contributed by atoms with van der Waals surface area (Å²) in [6, 6.07) is 18.6. The predicted molar refractivity (Wildman–Crippen MR) is 169 cm³/mol. The Morgan fingerprint density at radius 1 is 0.953 bits per heavy atom. The first-order chi connectivity index (χ1) is 20.5. The maximum Gasteiger partial charge on any atom is 0.264 e. The van der Waals surface area contributed by atoms with Crippen molar-refractivity contribution in [1.29, 1.82) is 0 Å². The van der Waals surface area contributed by atoms with Gasteiger partial charge in [-0.05, 0) is 80.8 Å². The van der Waals surface area contributed by atoms with Crippen LogP contribution in [0.1, 0.15) is 46.1 Å². The van der Waals surface area contributed by atoms with Crippen molar-refractivity contribution < 1.29 is 27.5 Å². The molecule has 3 aromatic carbocycles. The van der Waals surface area contributed by atoms with E-state index in [0.29, 0.717) is 29.4 Å². The summed E-state index contributed by atoms with van der Waals surface area (Å²) in [5, 5.41) is 3.35. The van der Waals surface area contributed by atoms with E-state index in [0.717, 1.165) is 9.87 Å². The van der Waals surface area contributed by atoms with Crippen LogP contribution in [0.2, 0.25) is 5.02 Å². The molecule has 0 aliphatic carbocycles. The molecule has 43 heavy (non-hydrogen) atoms. The standard InChI is InChI=1S/C32H40ClN3O6S/c1-6-23(4)34-32(38)28(7-2)35(21-24-12-11-13-26(20-24)41-5)31(37)22-36(29-14-9-10-15-30(29)42-8-3)43(39,40)27-18-16-25(33)17-19-27/h9-20,23,28H,6-8,21-22H2,1-5H3,(H,34,38)/t23-,28+/m1/s1. The molecular weight excluding hydrogens is 590 g/mol. The Hall–Kier alpha value is -3.76. The van der Waals surface area contributed by atoms with Crippen LogP contribution in [-0.2, 0) is 26.2 Å². The number of hydrogen-bond donors (Lipinski definition) is 1. The number of anilines is 1. The molecule has 11 heteroatoms. The number of nitrogens with one attached hydrogen (secondary N) is 1. The van der Waals surface area contributed by atoms with Crippen LogP contribution in [-0.4, -0.2) is 57.5 Å². The molecule has 0 saturated carbocycles. The van der Waals surface area contributed by atoms with E-state index in [9.17, 15) is 18.0 Å². The van der Waals surface area contributed by atoms with Crippen LogP contribution in [0.3, 0.4) is 0 Å². The fourth-order valence-corrected chi connectivity index (χ4v) is 6.07. The summed E-state index contributed by atoms with van der Waals surface area (Å²) < 4.78 is 40.4. The van der Waals surface area contributed by atoms with Gasteiger partial charge in [0.05, 0.1) is 24.3 Å². The van der Waals surface area contributed by atoms with Crippen LogP contribution < -0.4 is 19.1 Å². The average Bonchev–Trinajstić information content (AvgIpc) is 3.00. The summed E-state index contributed by atoms with van der Waals surface area (Å²) >= 11 is 6.04. The maximum absolute atomic E-state index is 14.3. The molecule has 0 aliphatic heterocycles. The minimum Gasteiger partial charge on any atom is -0.497 e. The van der Waals surface area contributed by atoms with Crippen molar-refractivity contribution in [3.63, 3.8) is 0 Å². The SMILES string of the molecule is CCOc1ccccc1N(CC(=O)N(Cc1cccc(OC)c1)[C@@H](CC)C(=O)N[C@H](C)CC)S(=O)(=O)c1ccc(Cl)cc1. The summed E-state index contributed by atoms with van der Waals surface area (Å²) in [6.07, 6.45) is 1.03. The Labute approximate surface area is 259 Å². The van der Waals surface area contributed by atoms with Gasteiger partial charge >= 0.3 is 0 Å². The molecule has 2 amide bonds. The Bertz CT molecular complexity index is 1480. The molecule has 3 aromatic rings. The van der Waals surface area contributed by atoms with Crippen LogP contribution >= 0.6 is 11.6 Å². The number of halogens is 1. The Morgan fingerprint density at radius 2 is 1.65 bits per heavy atom. The lowest BCUT2D eigenvalue weighted by molar-refractivity contribution is -0.140. The Kier molecular flexibility index (Phi) is 12.3. The largest absolute Gasteiger partial charge is 0.497 e. The number of para-hydroxylation sites is 2. The van der Waals surface area contributed by atoms with Crippen molar-refractivity contribution in [2.24, 2.45) is 0 Å². The van der Waals surface area contributed by atoms with E-state index in [-0.39, 0.29) is 35.7 Å². The molecule has 0 radical (unpaired) electrons. The number of benzene rings is 3. The predicted octanol–water partition coefficient (Wildman–Crippen LogP) is 5.66. The third-order valence-corrected chi connectivity index (χ3v) is 9.01. The number of methoxy groups -OCH3 is 1. The highest BCUT2D eigenvalue weighted by molar-refractivity contribution is 7.92. The van der Waals surface area contributed by atoms with Crippen LogP contribution in [0.15, 0.2) is 77.7 Å². The quantitative estimate of drug-likeness (QED) is 0.232. The number of sulfonamides is 1. The van der Waals surface area contributed by atoms with Crippen LogP contribution in [0, 0.1) is 0 Å². The summed E-state index contributed by atoms with van der Waals surface area (Å²) in [6.45, 7) is 7.23. The van der Waals surface area contributed by atoms with E-state index >= 15 is 0 Å². The van der Waals surface area contributed by atoms with Crippen LogP contribution in [0.25, 0.3) is 0 Å². The smallest absolute Gasteiger partial charge is 0.264 e. The molecule has 232 valence electrons. The first-order valence-corrected chi connectivity index (χ1v) is 16.1. The van der Waals surface area contributed by atoms with E-state index in [1.54, 1.807) is 56.5 Å². The maximum atomic E-state index is 14.3. The van der Waals surface area contributed by atoms with Crippen molar-refractivity contribution in [3.05, 3.63) is 83.4 Å². The second-order valence-electron chi connectivity index (χ2n) is 9.98. The summed E-state index contributed by atoms with van der Waals surface area (Å²) in [4.78, 5) is 29.1. The van der Waals surface area contributed by atoms with E-state index in [1.807, 2.05) is 26.8 Å². The van der Waals surface area contributed by atoms with Gasteiger partial charge < -0.3 is 19.7 Å². The minimum absolute atomic E-state index is 0.0445. The number of carbonyl (C=O) groups is 2. The molecule has 0 aliphatic rings. The van der Waals surface area contributed by atoms with E-state index in [1.165, 1.54) is 29.2 Å². The molecule has 0 saturated heterocycles. The highest BCUT2D eigenvalue weighted by atomic mass is 35.5. The fourth-order valence-electron chi connectivity index (χ4n) is 4.52. The van der Waals surface area contributed by atoms with Crippen LogP contribution in [0.5, 0.6) is 11.5 Å². The van der Waals surface area contributed by atoms with Crippen molar-refractivity contribution in [1.82, 2.24) is 10.2 Å². The zero-order valence-corrected chi connectivity index (χ0v) is 26.8. The molecule has 1 N–H and O–H groups in total. The lowest BCUT2D eigenvalue weighted by atomic mass is 10.1. The fraction of sp³-hybridized carbons (Fsp3) is 0.375. The lowest BCUT2D eigenvalue weighted by Crippen LogP contribution is -2.53. The first-order valence-electron chi connectivity index (χ1n) is 14.3. The molecule has 0 fully saturated rings. The Morgan fingerprint density at radius 3 is 2.28 bits per heavy atom. The highest BCUT2D eigenvalue weighted by Gasteiger charge is 2.35. The van der Waals surface area contributed by atoms with Gasteiger partial charge in [-0.3, -0.25) is 13.9 Å². The number of rotatable bonds is 15. The number of carbonyl (C=O) groups excluding carboxylic acids is 2. The molecule has 2 atom stereocenters. The second kappa shape index (κ2) is 15.6. The molecule has 0 heterocycles. The van der Waals surface area contributed by atoms with Gasteiger partial charge in [0.25, 0.3) is 10.0 Å². The van der Waals surface area contributed by atoms with Gasteiger partial charge in [0.1, 0.15) is 24.1 Å². The zero-order chi connectivity index (χ0) is 31.6. The van der Waals surface area contributed by atoms with Gasteiger partial charge in [-0.25, -0.2) is 8.42 Å². The van der Waals surface area contributed by atoms with E-state index in [2.05, 4.69) is 5.32 Å². The third-order valence-electron chi connectivity index (χ3n) is 6.99. The average molecular weight is 630 g/mol. The lowest BCUT2D eigenvalue weighted by Gasteiger charge is -2.34. The van der Waals surface area contributed by atoms with Gasteiger partial charge in [-0.1, -0.05) is 49.7 Å². The van der Waals surface area contributed by atoms with Crippen LogP contribution in [0.4, 0.5) is 5.69 Å². The molecular formula is C32H40ClN3O6S. The number of hydrogen-bond acceptors (Lipinski definition) is 6. The van der Waals surface area contributed by atoms with Gasteiger partial charge in [0.15, 0.2) is 0 Å². The van der Waals surface area contributed by atoms with Gasteiger partial charge in [-0.2, -0.15) is 0 Å². The monoisotopic (exact) mass is 629 g/mol. The molecule has 0 spiro atoms. The molecule has 9 nitrogen and oxygen atoms in total. The van der Waals surface area contributed by atoms with Crippen molar-refractivity contribution >= 4 is 39.1 Å². The van der Waals surface area contributed by atoms with Crippen molar-refractivity contribution in [2.75, 3.05) is 24.6 Å². The molecule has 0 aromatic heterocycles. The topological polar surface area (TPSA) is 105 Å². The van der Waals surface area contributed by atoms with E-state index < -0.39 is 28.5 Å². The van der Waals surface area contributed by atoms with Crippen molar-refractivity contribution in [3.8, 4) is 11.5 Å². The van der Waals surface area contributed by atoms with E-state index in [4.69, 9.17) is 21.1 Å². The first kappa shape index (κ1) is 33.7. The van der Waals surface area contributed by atoms with Gasteiger partial charge in [-0.15, -0.1) is 0 Å². The number of ether oxygens (including phenoxy) is 2.